The number of hydrogen-bond donors (Lipinski definition) is 0. The first-order valence-electron chi connectivity index (χ1n) is 15.2. The lowest BCUT2D eigenvalue weighted by Crippen LogP contribution is -2.44. The monoisotopic (exact) mass is 668 g/mol. The number of aryl methyl sites for hydroxylation is 2. The molecule has 2 rings (SSSR count). The maximum absolute atomic E-state index is 12.2. The van der Waals surface area contributed by atoms with Gasteiger partial charge in [-0.25, -0.2) is 28.5 Å². The van der Waals surface area contributed by atoms with E-state index >= 15 is 0 Å². The summed E-state index contributed by atoms with van der Waals surface area (Å²) in [7, 11) is 1.27. The van der Waals surface area contributed by atoms with Crippen LogP contribution in [-0.2, 0) is 36.2 Å². The Balaban J connectivity index is 1.70. The topological polar surface area (TPSA) is 176 Å². The van der Waals surface area contributed by atoms with Gasteiger partial charge in [-0.3, -0.25) is 0 Å². The smallest absolute Gasteiger partial charge is 0.361 e. The predicted octanol–water partition coefficient (Wildman–Crippen LogP) is 4.26. The van der Waals surface area contributed by atoms with E-state index in [0.717, 1.165) is 63.5 Å². The Bertz CT molecular complexity index is 1200. The Morgan fingerprint density at radius 1 is 0.533 bits per heavy atom. The molecule has 0 aromatic carbocycles. The number of nitrogens with zero attached hydrogens (tertiary/aromatic N) is 6. The molecule has 2 aromatic heterocycles. The Morgan fingerprint density at radius 3 is 1.20 bits per heavy atom. The molecule has 0 saturated heterocycles. The molecule has 0 radical (unpaired) electrons. The van der Waals surface area contributed by atoms with E-state index in [2.05, 4.69) is 56.3 Å². The van der Waals surface area contributed by atoms with Crippen molar-refractivity contribution in [1.29, 1.82) is 0 Å². The van der Waals surface area contributed by atoms with E-state index in [-0.39, 0.29) is 22.8 Å². The van der Waals surface area contributed by atoms with Gasteiger partial charge in [-0.15, -0.1) is 10.2 Å². The van der Waals surface area contributed by atoms with Crippen LogP contribution in [0.1, 0.15) is 93.3 Å². The molecule has 45 heavy (non-hydrogen) atoms. The Hall–Kier alpha value is -3.45. The van der Waals surface area contributed by atoms with E-state index in [4.69, 9.17) is 13.6 Å². The second-order valence-corrected chi connectivity index (χ2v) is 20.8. The average molecular weight is 669 g/mol. The van der Waals surface area contributed by atoms with Crippen molar-refractivity contribution in [2.75, 3.05) is 28.4 Å². The van der Waals surface area contributed by atoms with Crippen molar-refractivity contribution < 1.29 is 42.2 Å². The number of aromatic nitrogens is 6. The van der Waals surface area contributed by atoms with Gasteiger partial charge in [0.1, 0.15) is 0 Å². The van der Waals surface area contributed by atoms with E-state index in [1.807, 2.05) is 0 Å². The zero-order valence-electron chi connectivity index (χ0n) is 27.8. The maximum Gasteiger partial charge on any atom is 0.361 e. The molecule has 0 saturated carbocycles. The molecule has 0 aliphatic rings. The van der Waals surface area contributed by atoms with Gasteiger partial charge in [0.2, 0.25) is 11.4 Å². The first-order chi connectivity index (χ1) is 21.3. The fourth-order valence-electron chi connectivity index (χ4n) is 5.19. The highest BCUT2D eigenvalue weighted by Crippen LogP contribution is 2.26. The SMILES string of the molecule is COC(=O)c1nnn(CCCCCC[Si](C)(C)O[Si](C)(C)CCCCCCn2nnc(C(=O)OC)c2C(=O)OC)c1C(=O)OC. The highest BCUT2D eigenvalue weighted by molar-refractivity contribution is 6.84. The highest BCUT2D eigenvalue weighted by atomic mass is 28.4. The number of carbonyl (C=O) groups is 4. The van der Waals surface area contributed by atoms with Crippen molar-refractivity contribution in [3.8, 4) is 0 Å². The van der Waals surface area contributed by atoms with E-state index < -0.39 is 40.5 Å². The number of carbonyl (C=O) groups excluding carboxylic acids is 4. The molecular weight excluding hydrogens is 621 g/mol. The van der Waals surface area contributed by atoms with E-state index in [1.54, 1.807) is 0 Å². The van der Waals surface area contributed by atoms with Gasteiger partial charge in [-0.2, -0.15) is 0 Å². The van der Waals surface area contributed by atoms with Crippen LogP contribution in [0.3, 0.4) is 0 Å². The van der Waals surface area contributed by atoms with E-state index in [0.29, 0.717) is 13.1 Å². The third-order valence-corrected chi connectivity index (χ3v) is 14.9. The predicted molar refractivity (Wildman–Crippen MR) is 168 cm³/mol. The number of rotatable bonds is 20. The molecule has 0 N–H and O–H groups in total. The summed E-state index contributed by atoms with van der Waals surface area (Å²) in [5, 5.41) is 15.5. The van der Waals surface area contributed by atoms with Crippen molar-refractivity contribution in [1.82, 2.24) is 30.0 Å². The van der Waals surface area contributed by atoms with Gasteiger partial charge in [0.15, 0.2) is 28.0 Å². The average Bonchev–Trinajstić information content (AvgIpc) is 3.63. The molecule has 15 nitrogen and oxygen atoms in total. The largest absolute Gasteiger partial charge is 0.464 e. The molecule has 0 spiro atoms. The van der Waals surface area contributed by atoms with Crippen LogP contribution in [0.2, 0.25) is 38.3 Å². The molecule has 0 amide bonds. The van der Waals surface area contributed by atoms with Crippen LogP contribution in [0.25, 0.3) is 0 Å². The number of methoxy groups -OCH3 is 4. The summed E-state index contributed by atoms with van der Waals surface area (Å²) in [6.45, 7) is 10.0. The third kappa shape index (κ3) is 11.5. The molecule has 2 aromatic rings. The molecule has 0 unspecified atom stereocenters. The van der Waals surface area contributed by atoms with Gasteiger partial charge in [-0.05, 0) is 51.1 Å². The fraction of sp³-hybridized carbons (Fsp3) is 0.714. The lowest BCUT2D eigenvalue weighted by Gasteiger charge is -2.34. The van der Waals surface area contributed by atoms with E-state index in [1.165, 1.54) is 37.8 Å². The quantitative estimate of drug-likeness (QED) is 0.0847. The summed E-state index contributed by atoms with van der Waals surface area (Å²) in [4.78, 5) is 48.1. The summed E-state index contributed by atoms with van der Waals surface area (Å²) in [5.74, 6) is -2.80. The van der Waals surface area contributed by atoms with Crippen molar-refractivity contribution in [3.63, 3.8) is 0 Å². The summed E-state index contributed by atoms with van der Waals surface area (Å²) >= 11 is 0. The third-order valence-electron chi connectivity index (χ3n) is 7.34. The van der Waals surface area contributed by atoms with Crippen LogP contribution in [0.4, 0.5) is 0 Å². The Kier molecular flexibility index (Phi) is 15.0. The summed E-state index contributed by atoms with van der Waals surface area (Å²) in [6.07, 6.45) is 7.63. The van der Waals surface area contributed by atoms with Gasteiger partial charge >= 0.3 is 23.9 Å². The van der Waals surface area contributed by atoms with Crippen molar-refractivity contribution in [3.05, 3.63) is 22.8 Å². The standard InChI is InChI=1S/C28H48N6O9Si2/c1-39-25(35)21-23(27(37)41-3)33(31-29-21)17-13-9-11-15-19-44(5,6)43-45(7,8)20-16-12-10-14-18-34-24(28(38)42-4)22(30-32-34)26(36)40-2/h9-20H2,1-8H3. The second-order valence-electron chi connectivity index (χ2n) is 11.9. The molecule has 0 atom stereocenters. The first-order valence-corrected chi connectivity index (χ1v) is 21.4. The van der Waals surface area contributed by atoms with Gasteiger partial charge < -0.3 is 23.1 Å². The van der Waals surface area contributed by atoms with Gasteiger partial charge in [0.25, 0.3) is 0 Å². The molecule has 0 aliphatic heterocycles. The van der Waals surface area contributed by atoms with Crippen molar-refractivity contribution >= 4 is 40.5 Å². The van der Waals surface area contributed by atoms with Crippen molar-refractivity contribution in [2.45, 2.75) is 103 Å². The van der Waals surface area contributed by atoms with E-state index in [9.17, 15) is 19.2 Å². The normalized spacial score (nSPS) is 11.7. The lowest BCUT2D eigenvalue weighted by atomic mass is 10.2. The van der Waals surface area contributed by atoms with Gasteiger partial charge in [0, 0.05) is 13.1 Å². The Morgan fingerprint density at radius 2 is 0.867 bits per heavy atom. The van der Waals surface area contributed by atoms with Gasteiger partial charge in [-0.1, -0.05) is 49.0 Å². The molecule has 0 aliphatic carbocycles. The molecule has 0 fully saturated rings. The lowest BCUT2D eigenvalue weighted by molar-refractivity contribution is 0.0543. The number of hydrogen-bond acceptors (Lipinski definition) is 13. The molecular formula is C28H48N6O9Si2. The number of unbranched alkanes of at least 4 members (excludes halogenated alkanes) is 6. The zero-order chi connectivity index (χ0) is 33.6. The highest BCUT2D eigenvalue weighted by Gasteiger charge is 2.32. The molecule has 0 bridgehead atoms. The maximum atomic E-state index is 12.2. The van der Waals surface area contributed by atoms with Crippen LogP contribution in [0.5, 0.6) is 0 Å². The van der Waals surface area contributed by atoms with Crippen LogP contribution < -0.4 is 0 Å². The molecule has 252 valence electrons. The summed E-state index contributed by atoms with van der Waals surface area (Å²) < 4.78 is 28.6. The first kappa shape index (κ1) is 37.7. The minimum absolute atomic E-state index is 0.00983. The van der Waals surface area contributed by atoms with Crippen LogP contribution >= 0.6 is 0 Å². The van der Waals surface area contributed by atoms with Crippen molar-refractivity contribution in [2.24, 2.45) is 0 Å². The minimum atomic E-state index is -1.83. The molecule has 2 heterocycles. The van der Waals surface area contributed by atoms with Crippen LogP contribution in [-0.4, -0.2) is 98.9 Å². The van der Waals surface area contributed by atoms with Gasteiger partial charge in [0.05, 0.1) is 28.4 Å². The summed E-state index contributed by atoms with van der Waals surface area (Å²) in [6, 6.07) is 2.14. The second kappa shape index (κ2) is 17.9. The number of esters is 4. The number of ether oxygens (including phenoxy) is 4. The fourth-order valence-corrected chi connectivity index (χ4v) is 14.2. The molecule has 17 heteroatoms. The summed E-state index contributed by atoms with van der Waals surface area (Å²) in [5.41, 5.74) is -0.263. The van der Waals surface area contributed by atoms with Crippen LogP contribution in [0, 0.1) is 0 Å². The zero-order valence-corrected chi connectivity index (χ0v) is 29.8. The Labute approximate surface area is 266 Å². The van der Waals surface area contributed by atoms with Crippen LogP contribution in [0.15, 0.2) is 0 Å². The minimum Gasteiger partial charge on any atom is -0.464 e.